The van der Waals surface area contributed by atoms with Gasteiger partial charge in [0.15, 0.2) is 5.78 Å². The van der Waals surface area contributed by atoms with Gasteiger partial charge in [0.25, 0.3) is 0 Å². The second kappa shape index (κ2) is 5.79. The van der Waals surface area contributed by atoms with Gasteiger partial charge in [-0.25, -0.2) is 0 Å². The molecule has 4 unspecified atom stereocenters. The Balaban J connectivity index is 2.21. The Bertz CT molecular complexity index is 705. The molecule has 0 saturated carbocycles. The molecular weight excluding hydrogens is 322 g/mol. The van der Waals surface area contributed by atoms with E-state index in [2.05, 4.69) is 62.8 Å². The summed E-state index contributed by atoms with van der Waals surface area (Å²) in [6.07, 6.45) is 3.98. The number of nitrogens with zero attached hydrogens (tertiary/aromatic N) is 2. The molecule has 0 bridgehead atoms. The first-order chi connectivity index (χ1) is 11.7. The van der Waals surface area contributed by atoms with Crippen LogP contribution in [-0.4, -0.2) is 33.4 Å². The molecule has 4 atom stereocenters. The third kappa shape index (κ3) is 2.96. The molecule has 4 nitrogen and oxygen atoms in total. The van der Waals surface area contributed by atoms with Gasteiger partial charge in [-0.15, -0.1) is 0 Å². The van der Waals surface area contributed by atoms with Gasteiger partial charge in [0.1, 0.15) is 0 Å². The summed E-state index contributed by atoms with van der Waals surface area (Å²) in [7, 11) is 0. The predicted octanol–water partition coefficient (Wildman–Crippen LogP) is 4.68. The van der Waals surface area contributed by atoms with Crippen LogP contribution in [0.15, 0.2) is 18.5 Å². The van der Waals surface area contributed by atoms with E-state index in [9.17, 15) is 4.79 Å². The van der Waals surface area contributed by atoms with Crippen LogP contribution in [0, 0.1) is 16.7 Å². The fraction of sp³-hybridized carbons (Fsp3) is 0.727. The van der Waals surface area contributed by atoms with Gasteiger partial charge in [0.2, 0.25) is 0 Å². The van der Waals surface area contributed by atoms with Crippen molar-refractivity contribution in [3.05, 3.63) is 24.0 Å². The highest BCUT2D eigenvalue weighted by atomic mass is 16.1. The molecule has 4 heteroatoms. The largest absolute Gasteiger partial charge is 0.369 e. The van der Waals surface area contributed by atoms with Gasteiger partial charge >= 0.3 is 0 Å². The molecule has 0 aliphatic carbocycles. The van der Waals surface area contributed by atoms with E-state index in [-0.39, 0.29) is 40.4 Å². The van der Waals surface area contributed by atoms with Crippen molar-refractivity contribution in [2.24, 2.45) is 16.7 Å². The van der Waals surface area contributed by atoms with E-state index in [1.807, 2.05) is 33.2 Å². The third-order valence-corrected chi connectivity index (χ3v) is 5.96. The number of hydrogen-bond acceptors (Lipinski definition) is 4. The van der Waals surface area contributed by atoms with Crippen molar-refractivity contribution in [3.63, 3.8) is 0 Å². The zero-order chi connectivity index (χ0) is 19.7. The zero-order valence-corrected chi connectivity index (χ0v) is 17.8. The van der Waals surface area contributed by atoms with Crippen molar-refractivity contribution in [1.29, 1.82) is 0 Å². The van der Waals surface area contributed by atoms with Gasteiger partial charge in [-0.2, -0.15) is 0 Å². The minimum absolute atomic E-state index is 0.00756. The summed E-state index contributed by atoms with van der Waals surface area (Å²) >= 11 is 0. The quantitative estimate of drug-likeness (QED) is 0.793. The highest BCUT2D eigenvalue weighted by Crippen LogP contribution is 2.57. The number of anilines is 1. The van der Waals surface area contributed by atoms with Gasteiger partial charge in [0.05, 0.1) is 12.2 Å². The van der Waals surface area contributed by atoms with E-state index < -0.39 is 0 Å². The van der Waals surface area contributed by atoms with Gasteiger partial charge in [-0.3, -0.25) is 14.7 Å². The molecule has 2 aliphatic rings. The number of carbonyl (C=O) groups is 1. The topological polar surface area (TPSA) is 45.2 Å². The minimum Gasteiger partial charge on any atom is -0.369 e. The summed E-state index contributed by atoms with van der Waals surface area (Å²) in [6.45, 7) is 19.6. The zero-order valence-electron chi connectivity index (χ0n) is 17.8. The van der Waals surface area contributed by atoms with E-state index in [1.54, 1.807) is 0 Å². The molecule has 1 saturated heterocycles. The van der Waals surface area contributed by atoms with Crippen LogP contribution in [-0.2, 0) is 4.79 Å². The van der Waals surface area contributed by atoms with Crippen LogP contribution >= 0.6 is 0 Å². The first kappa shape index (κ1) is 19.3. The number of rotatable bonds is 1. The molecule has 0 aromatic carbocycles. The average Bonchev–Trinajstić information content (AvgIpc) is 2.97. The molecule has 3 heterocycles. The number of Topliss-reactive ketones (excluding diaryl/α,β-unsaturated/α-hetero) is 1. The highest BCUT2D eigenvalue weighted by Gasteiger charge is 2.61. The van der Waals surface area contributed by atoms with E-state index >= 15 is 0 Å². The van der Waals surface area contributed by atoms with E-state index in [4.69, 9.17) is 0 Å². The Hall–Kier alpha value is -1.42. The molecule has 3 rings (SSSR count). The number of nitrogens with one attached hydrogen (secondary N) is 1. The van der Waals surface area contributed by atoms with Gasteiger partial charge in [0, 0.05) is 40.5 Å². The van der Waals surface area contributed by atoms with Crippen molar-refractivity contribution in [2.45, 2.75) is 86.0 Å². The van der Waals surface area contributed by atoms with Crippen molar-refractivity contribution in [1.82, 2.24) is 9.88 Å². The molecule has 0 radical (unpaired) electrons. The van der Waals surface area contributed by atoms with Crippen LogP contribution in [0.2, 0.25) is 0 Å². The number of pyridine rings is 1. The maximum Gasteiger partial charge on any atom is 0.155 e. The SMILES string of the molecule is CC(C)(C)C(=O)C1C(C(C)(C)C)C2c3cnccc3NC2N1C(C)(C)C. The Kier molecular flexibility index (Phi) is 4.31. The fourth-order valence-corrected chi connectivity index (χ4v) is 4.98. The molecule has 1 fully saturated rings. The van der Waals surface area contributed by atoms with Crippen molar-refractivity contribution >= 4 is 11.5 Å². The number of fused-ring (bicyclic) bond motifs is 3. The average molecular weight is 358 g/mol. The second-order valence-electron chi connectivity index (χ2n) is 11.1. The second-order valence-corrected chi connectivity index (χ2v) is 11.1. The molecule has 26 heavy (non-hydrogen) atoms. The molecule has 0 amide bonds. The van der Waals surface area contributed by atoms with Gasteiger partial charge in [-0.05, 0) is 38.2 Å². The van der Waals surface area contributed by atoms with Crippen molar-refractivity contribution in [3.8, 4) is 0 Å². The van der Waals surface area contributed by atoms with Crippen LogP contribution in [0.1, 0.15) is 73.8 Å². The fourth-order valence-electron chi connectivity index (χ4n) is 4.98. The summed E-state index contributed by atoms with van der Waals surface area (Å²) in [5, 5.41) is 3.73. The summed E-state index contributed by atoms with van der Waals surface area (Å²) in [5.41, 5.74) is 1.95. The molecule has 0 spiro atoms. The first-order valence-electron chi connectivity index (χ1n) is 9.78. The maximum atomic E-state index is 13.6. The smallest absolute Gasteiger partial charge is 0.155 e. The van der Waals surface area contributed by atoms with Crippen LogP contribution in [0.4, 0.5) is 5.69 Å². The van der Waals surface area contributed by atoms with Crippen molar-refractivity contribution < 1.29 is 4.79 Å². The molecule has 144 valence electrons. The van der Waals surface area contributed by atoms with Crippen LogP contribution in [0.5, 0.6) is 0 Å². The summed E-state index contributed by atoms with van der Waals surface area (Å²) in [5.74, 6) is 0.847. The lowest BCUT2D eigenvalue weighted by Gasteiger charge is -2.44. The normalized spacial score (nSPS) is 29.3. The summed E-state index contributed by atoms with van der Waals surface area (Å²) < 4.78 is 0. The van der Waals surface area contributed by atoms with E-state index in [0.29, 0.717) is 5.78 Å². The lowest BCUT2D eigenvalue weighted by molar-refractivity contribution is -0.136. The van der Waals surface area contributed by atoms with Crippen LogP contribution in [0.3, 0.4) is 0 Å². The lowest BCUT2D eigenvalue weighted by Crippen LogP contribution is -2.57. The summed E-state index contributed by atoms with van der Waals surface area (Å²) in [6, 6.07) is 1.96. The predicted molar refractivity (Wildman–Crippen MR) is 107 cm³/mol. The maximum absolute atomic E-state index is 13.6. The van der Waals surface area contributed by atoms with E-state index in [1.165, 1.54) is 11.3 Å². The van der Waals surface area contributed by atoms with Crippen LogP contribution < -0.4 is 5.32 Å². The Morgan fingerprint density at radius 1 is 1.08 bits per heavy atom. The lowest BCUT2D eigenvalue weighted by atomic mass is 9.66. The molecule has 1 aromatic heterocycles. The highest BCUT2D eigenvalue weighted by molar-refractivity contribution is 5.90. The Morgan fingerprint density at radius 3 is 2.19 bits per heavy atom. The van der Waals surface area contributed by atoms with Gasteiger partial charge in [-0.1, -0.05) is 41.5 Å². The number of aromatic nitrogens is 1. The Morgan fingerprint density at radius 2 is 1.69 bits per heavy atom. The summed E-state index contributed by atoms with van der Waals surface area (Å²) in [4.78, 5) is 20.5. The number of carbonyl (C=O) groups excluding carboxylic acids is 1. The van der Waals surface area contributed by atoms with Crippen LogP contribution in [0.25, 0.3) is 0 Å². The molecule has 2 aliphatic heterocycles. The molecule has 1 N–H and O–H groups in total. The van der Waals surface area contributed by atoms with E-state index in [0.717, 1.165) is 0 Å². The van der Waals surface area contributed by atoms with Gasteiger partial charge < -0.3 is 5.32 Å². The standard InChI is InChI=1S/C22H35N3O/c1-20(2,3)16-15-13-12-23-11-10-14(13)24-19(15)25(22(7,8)9)17(16)18(26)21(4,5)6/h10-12,15-17,19,24H,1-9H3. The number of hydrogen-bond donors (Lipinski definition) is 1. The minimum atomic E-state index is -0.367. The number of ketones is 1. The first-order valence-corrected chi connectivity index (χ1v) is 9.78. The third-order valence-electron chi connectivity index (χ3n) is 5.96. The molecule has 1 aromatic rings. The Labute approximate surface area is 158 Å². The molecular formula is C22H35N3O. The van der Waals surface area contributed by atoms with Crippen molar-refractivity contribution in [2.75, 3.05) is 5.32 Å². The monoisotopic (exact) mass is 357 g/mol. The number of likely N-dealkylation sites (tertiary alicyclic amines) is 1.